The summed E-state index contributed by atoms with van der Waals surface area (Å²) in [5.74, 6) is 1.69. The number of nitrogens with one attached hydrogen (secondary N) is 2. The number of methoxy groups -OCH3 is 1. The SMILES string of the molecule is C=C1CCC[C@]2(C)C[C@H]3OC(=O)C(CNCCc4c[nH]c5ccc(OC)cc45)[C@H]3CC12.Cl. The van der Waals surface area contributed by atoms with E-state index in [-0.39, 0.29) is 35.8 Å². The molecular formula is C26H35ClN2O3. The molecule has 2 unspecified atom stereocenters. The van der Waals surface area contributed by atoms with Crippen molar-refractivity contribution >= 4 is 29.3 Å². The molecule has 1 aromatic carbocycles. The Balaban J connectivity index is 0.00000245. The van der Waals surface area contributed by atoms with E-state index in [1.807, 2.05) is 6.07 Å². The monoisotopic (exact) mass is 458 g/mol. The summed E-state index contributed by atoms with van der Waals surface area (Å²) in [5, 5.41) is 4.74. The zero-order valence-electron chi connectivity index (χ0n) is 19.1. The smallest absolute Gasteiger partial charge is 0.310 e. The fourth-order valence-corrected chi connectivity index (χ4v) is 6.46. The highest BCUT2D eigenvalue weighted by molar-refractivity contribution is 5.85. The van der Waals surface area contributed by atoms with Gasteiger partial charge in [-0.2, -0.15) is 0 Å². The van der Waals surface area contributed by atoms with Crippen LogP contribution in [-0.2, 0) is 16.0 Å². The second-order valence-electron chi connectivity index (χ2n) is 10.1. The largest absolute Gasteiger partial charge is 0.497 e. The number of fused-ring (bicyclic) bond motifs is 3. The summed E-state index contributed by atoms with van der Waals surface area (Å²) in [5.41, 5.74) is 4.04. The molecule has 5 atom stereocenters. The van der Waals surface area contributed by atoms with Gasteiger partial charge in [0.05, 0.1) is 13.0 Å². The molecule has 2 aliphatic carbocycles. The van der Waals surface area contributed by atoms with Crippen LogP contribution in [0.2, 0.25) is 0 Å². The first-order valence-electron chi connectivity index (χ1n) is 11.7. The van der Waals surface area contributed by atoms with Gasteiger partial charge in [0.1, 0.15) is 11.9 Å². The minimum Gasteiger partial charge on any atom is -0.497 e. The molecule has 2 saturated carbocycles. The zero-order valence-corrected chi connectivity index (χ0v) is 19.9. The number of aromatic nitrogens is 1. The van der Waals surface area contributed by atoms with Gasteiger partial charge in [-0.05, 0) is 80.2 Å². The summed E-state index contributed by atoms with van der Waals surface area (Å²) >= 11 is 0. The summed E-state index contributed by atoms with van der Waals surface area (Å²) in [7, 11) is 1.69. The number of H-pyrrole nitrogens is 1. The lowest BCUT2D eigenvalue weighted by Crippen LogP contribution is -2.45. The van der Waals surface area contributed by atoms with Crippen molar-refractivity contribution < 1.29 is 14.3 Å². The zero-order chi connectivity index (χ0) is 21.6. The lowest BCUT2D eigenvalue weighted by Gasteiger charge is -2.50. The van der Waals surface area contributed by atoms with Crippen molar-refractivity contribution in [1.82, 2.24) is 10.3 Å². The van der Waals surface area contributed by atoms with Crippen LogP contribution in [-0.4, -0.2) is 37.3 Å². The minimum absolute atomic E-state index is 0. The third-order valence-electron chi connectivity index (χ3n) is 8.23. The fraction of sp³-hybridized carbons (Fsp3) is 0.577. The molecule has 1 aliphatic heterocycles. The summed E-state index contributed by atoms with van der Waals surface area (Å²) in [6, 6.07) is 6.10. The number of carbonyl (C=O) groups is 1. The highest BCUT2D eigenvalue weighted by Gasteiger charge is 2.54. The Kier molecular flexibility index (Phi) is 6.60. The molecule has 3 aliphatic rings. The van der Waals surface area contributed by atoms with E-state index in [2.05, 4.69) is 42.1 Å². The number of rotatable bonds is 6. The molecule has 0 radical (unpaired) electrons. The van der Waals surface area contributed by atoms with Gasteiger partial charge >= 0.3 is 5.97 Å². The van der Waals surface area contributed by atoms with Gasteiger partial charge in [0.2, 0.25) is 0 Å². The van der Waals surface area contributed by atoms with Crippen molar-refractivity contribution in [3.8, 4) is 5.75 Å². The van der Waals surface area contributed by atoms with E-state index in [1.54, 1.807) is 7.11 Å². The maximum absolute atomic E-state index is 12.7. The second kappa shape index (κ2) is 9.11. The Bertz CT molecular complexity index is 1000. The van der Waals surface area contributed by atoms with Crippen LogP contribution in [0.4, 0.5) is 0 Å². The Morgan fingerprint density at radius 1 is 1.38 bits per heavy atom. The number of halogens is 1. The molecule has 1 aromatic heterocycles. The average Bonchev–Trinajstić information content (AvgIpc) is 3.29. The molecule has 0 bridgehead atoms. The van der Waals surface area contributed by atoms with Crippen molar-refractivity contribution in [2.24, 2.45) is 23.2 Å². The normalized spacial score (nSPS) is 31.6. The van der Waals surface area contributed by atoms with Gasteiger partial charge in [0.25, 0.3) is 0 Å². The minimum atomic E-state index is -0.0349. The van der Waals surface area contributed by atoms with Crippen LogP contribution in [0.5, 0.6) is 5.75 Å². The van der Waals surface area contributed by atoms with Gasteiger partial charge in [-0.15, -0.1) is 12.4 Å². The second-order valence-corrected chi connectivity index (χ2v) is 10.1. The van der Waals surface area contributed by atoms with Crippen LogP contribution in [0.3, 0.4) is 0 Å². The van der Waals surface area contributed by atoms with Crippen LogP contribution in [0, 0.1) is 23.2 Å². The Labute approximate surface area is 196 Å². The highest BCUT2D eigenvalue weighted by Crippen LogP contribution is 2.56. The van der Waals surface area contributed by atoms with E-state index in [9.17, 15) is 4.79 Å². The highest BCUT2D eigenvalue weighted by atomic mass is 35.5. The third kappa shape index (κ3) is 4.06. The molecule has 0 amide bonds. The lowest BCUT2D eigenvalue weighted by molar-refractivity contribution is -0.146. The first kappa shape index (κ1) is 23.2. The standard InChI is InChI=1S/C26H34N2O3.ClH/c1-16-5-4-9-26(2)13-24-20(12-22(16)26)21(25(29)31-24)15-27-10-8-17-14-28-23-7-6-18(30-3)11-19(17)23;/h6-7,11,14,20-22,24,27-28H,1,4-5,8-10,12-13,15H2,2-3H3;1H/t20-,21?,22?,24-,26-;/m1./s1. The van der Waals surface area contributed by atoms with Gasteiger partial charge in [0, 0.05) is 29.6 Å². The number of carbonyl (C=O) groups excluding carboxylic acids is 1. The number of hydrogen-bond acceptors (Lipinski definition) is 4. The Hall–Kier alpha value is -1.98. The van der Waals surface area contributed by atoms with Crippen molar-refractivity contribution in [3.05, 3.63) is 42.1 Å². The number of esters is 1. The Morgan fingerprint density at radius 2 is 2.22 bits per heavy atom. The van der Waals surface area contributed by atoms with Crippen LogP contribution >= 0.6 is 12.4 Å². The van der Waals surface area contributed by atoms with Gasteiger partial charge in [-0.3, -0.25) is 4.79 Å². The van der Waals surface area contributed by atoms with Crippen molar-refractivity contribution in [3.63, 3.8) is 0 Å². The van der Waals surface area contributed by atoms with E-state index >= 15 is 0 Å². The number of ether oxygens (including phenoxy) is 2. The predicted molar refractivity (Wildman–Crippen MR) is 129 cm³/mol. The van der Waals surface area contributed by atoms with E-state index in [1.165, 1.54) is 29.4 Å². The number of hydrogen-bond donors (Lipinski definition) is 2. The van der Waals surface area contributed by atoms with Gasteiger partial charge in [-0.25, -0.2) is 0 Å². The fourth-order valence-electron chi connectivity index (χ4n) is 6.46. The molecule has 2 aromatic rings. The molecule has 174 valence electrons. The lowest BCUT2D eigenvalue weighted by atomic mass is 9.55. The number of benzene rings is 1. The Morgan fingerprint density at radius 3 is 3.03 bits per heavy atom. The van der Waals surface area contributed by atoms with Gasteiger partial charge in [0.15, 0.2) is 0 Å². The number of aromatic amines is 1. The molecular weight excluding hydrogens is 424 g/mol. The quantitative estimate of drug-likeness (QED) is 0.361. The van der Waals surface area contributed by atoms with E-state index in [4.69, 9.17) is 9.47 Å². The summed E-state index contributed by atoms with van der Waals surface area (Å²) < 4.78 is 11.3. The summed E-state index contributed by atoms with van der Waals surface area (Å²) in [4.78, 5) is 16.0. The third-order valence-corrected chi connectivity index (χ3v) is 8.23. The molecule has 6 heteroatoms. The van der Waals surface area contributed by atoms with Gasteiger partial charge < -0.3 is 19.8 Å². The van der Waals surface area contributed by atoms with Crippen LogP contribution in [0.1, 0.15) is 44.6 Å². The van der Waals surface area contributed by atoms with E-state index in [0.29, 0.717) is 18.4 Å². The predicted octanol–water partition coefficient (Wildman–Crippen LogP) is 5.04. The molecule has 5 rings (SSSR count). The molecule has 0 spiro atoms. The van der Waals surface area contributed by atoms with Crippen molar-refractivity contribution in [2.75, 3.05) is 20.2 Å². The average molecular weight is 459 g/mol. The van der Waals surface area contributed by atoms with Crippen molar-refractivity contribution in [2.45, 2.75) is 51.6 Å². The molecule has 32 heavy (non-hydrogen) atoms. The maximum Gasteiger partial charge on any atom is 0.310 e. The van der Waals surface area contributed by atoms with Crippen molar-refractivity contribution in [1.29, 1.82) is 0 Å². The van der Waals surface area contributed by atoms with E-state index < -0.39 is 0 Å². The van der Waals surface area contributed by atoms with Crippen LogP contribution in [0.25, 0.3) is 10.9 Å². The molecule has 3 fully saturated rings. The molecule has 1 saturated heterocycles. The van der Waals surface area contributed by atoms with Crippen LogP contribution < -0.4 is 10.1 Å². The van der Waals surface area contributed by atoms with Gasteiger partial charge in [-0.1, -0.05) is 19.1 Å². The first-order valence-corrected chi connectivity index (χ1v) is 11.7. The van der Waals surface area contributed by atoms with Crippen LogP contribution in [0.15, 0.2) is 36.5 Å². The summed E-state index contributed by atoms with van der Waals surface area (Å²) in [6.07, 6.45) is 8.72. The summed E-state index contributed by atoms with van der Waals surface area (Å²) in [6.45, 7) is 8.30. The maximum atomic E-state index is 12.7. The molecule has 5 nitrogen and oxygen atoms in total. The first-order chi connectivity index (χ1) is 15.0. The van der Waals surface area contributed by atoms with E-state index in [0.717, 1.165) is 43.5 Å². The number of allylic oxidation sites excluding steroid dienone is 1. The molecule has 2 N–H and O–H groups in total. The molecule has 2 heterocycles. The topological polar surface area (TPSA) is 63.3 Å².